The minimum Gasteiger partial charge on any atom is -0.397 e. The van der Waals surface area contributed by atoms with Gasteiger partial charge in [-0.15, -0.1) is 0 Å². The highest BCUT2D eigenvalue weighted by Gasteiger charge is 2.29. The molecule has 0 saturated heterocycles. The van der Waals surface area contributed by atoms with Gasteiger partial charge >= 0.3 is 0 Å². The van der Waals surface area contributed by atoms with E-state index in [9.17, 15) is 13.6 Å². The Hall–Kier alpha value is -2.43. The number of fused-ring (bicyclic) bond motifs is 1. The fourth-order valence-electron chi connectivity index (χ4n) is 2.66. The first kappa shape index (κ1) is 13.5. The third-order valence-corrected chi connectivity index (χ3v) is 3.75. The molecule has 5 heteroatoms. The molecular weight excluding hydrogens is 274 g/mol. The van der Waals surface area contributed by atoms with Gasteiger partial charge < -0.3 is 10.6 Å². The smallest absolute Gasteiger partial charge is 0.261 e. The Balaban J connectivity index is 2.05. The van der Waals surface area contributed by atoms with Crippen molar-refractivity contribution in [2.24, 2.45) is 0 Å². The maximum absolute atomic E-state index is 13.9. The van der Waals surface area contributed by atoms with Crippen LogP contribution in [0, 0.1) is 18.6 Å². The van der Waals surface area contributed by atoms with Crippen LogP contribution in [0.5, 0.6) is 0 Å². The van der Waals surface area contributed by atoms with Crippen LogP contribution in [0.4, 0.5) is 20.2 Å². The van der Waals surface area contributed by atoms with E-state index in [4.69, 9.17) is 5.73 Å². The third kappa shape index (κ3) is 2.14. The molecule has 0 unspecified atom stereocenters. The van der Waals surface area contributed by atoms with Crippen LogP contribution in [-0.2, 0) is 6.42 Å². The number of benzene rings is 2. The number of carbonyl (C=O) groups is 1. The number of carbonyl (C=O) groups excluding carboxylic acids is 1. The molecule has 3 nitrogen and oxygen atoms in total. The maximum Gasteiger partial charge on any atom is 0.261 e. The fourth-order valence-corrected chi connectivity index (χ4v) is 2.66. The highest BCUT2D eigenvalue weighted by atomic mass is 19.1. The number of anilines is 2. The topological polar surface area (TPSA) is 46.3 Å². The van der Waals surface area contributed by atoms with Crippen molar-refractivity contribution in [2.75, 3.05) is 17.2 Å². The number of para-hydroxylation sites is 1. The number of halogens is 2. The second-order valence-electron chi connectivity index (χ2n) is 5.14. The van der Waals surface area contributed by atoms with Crippen LogP contribution in [0.1, 0.15) is 21.5 Å². The summed E-state index contributed by atoms with van der Waals surface area (Å²) in [7, 11) is 0. The molecule has 0 spiro atoms. The monoisotopic (exact) mass is 288 g/mol. The predicted molar refractivity (Wildman–Crippen MR) is 77.3 cm³/mol. The summed E-state index contributed by atoms with van der Waals surface area (Å²) in [5, 5.41) is 0. The molecule has 0 saturated carbocycles. The van der Waals surface area contributed by atoms with E-state index in [1.807, 2.05) is 12.1 Å². The summed E-state index contributed by atoms with van der Waals surface area (Å²) in [6.07, 6.45) is 0.675. The molecule has 1 aliphatic rings. The van der Waals surface area contributed by atoms with Gasteiger partial charge in [0.05, 0.1) is 16.9 Å². The van der Waals surface area contributed by atoms with Gasteiger partial charge in [-0.05, 0) is 36.6 Å². The Bertz CT molecular complexity index is 743. The minimum atomic E-state index is -0.856. The lowest BCUT2D eigenvalue weighted by atomic mass is 10.1. The zero-order chi connectivity index (χ0) is 15.1. The minimum absolute atomic E-state index is 0.134. The highest BCUT2D eigenvalue weighted by Crippen LogP contribution is 2.35. The van der Waals surface area contributed by atoms with E-state index in [2.05, 4.69) is 0 Å². The van der Waals surface area contributed by atoms with Crippen LogP contribution >= 0.6 is 0 Å². The zero-order valence-corrected chi connectivity index (χ0v) is 11.5. The van der Waals surface area contributed by atoms with Gasteiger partial charge in [-0.3, -0.25) is 4.79 Å². The van der Waals surface area contributed by atoms with E-state index in [0.29, 0.717) is 24.3 Å². The number of hydrogen-bond donors (Lipinski definition) is 1. The van der Waals surface area contributed by atoms with Gasteiger partial charge in [0.15, 0.2) is 0 Å². The molecule has 0 bridgehead atoms. The number of nitrogens with zero attached hydrogens (tertiary/aromatic N) is 1. The Labute approximate surface area is 121 Å². The molecule has 108 valence electrons. The van der Waals surface area contributed by atoms with Gasteiger partial charge in [-0.2, -0.15) is 0 Å². The summed E-state index contributed by atoms with van der Waals surface area (Å²) in [4.78, 5) is 14.0. The van der Waals surface area contributed by atoms with E-state index in [1.165, 1.54) is 17.9 Å². The Morgan fingerprint density at radius 2 is 2.00 bits per heavy atom. The van der Waals surface area contributed by atoms with Crippen LogP contribution in [0.25, 0.3) is 0 Å². The lowest BCUT2D eigenvalue weighted by molar-refractivity contribution is 0.0985. The van der Waals surface area contributed by atoms with Crippen LogP contribution in [-0.4, -0.2) is 12.5 Å². The van der Waals surface area contributed by atoms with Crippen molar-refractivity contribution >= 4 is 17.3 Å². The summed E-state index contributed by atoms with van der Waals surface area (Å²) in [5.74, 6) is -2.01. The summed E-state index contributed by atoms with van der Waals surface area (Å²) in [6.45, 7) is 1.94. The number of nitrogens with two attached hydrogens (primary N) is 1. The first-order valence-electron chi connectivity index (χ1n) is 6.64. The van der Waals surface area contributed by atoms with E-state index in [1.54, 1.807) is 6.07 Å². The first-order valence-corrected chi connectivity index (χ1v) is 6.64. The normalized spacial score (nSPS) is 13.4. The number of rotatable bonds is 1. The van der Waals surface area contributed by atoms with Gasteiger partial charge in [-0.1, -0.05) is 12.1 Å². The molecule has 0 aliphatic carbocycles. The van der Waals surface area contributed by atoms with Crippen LogP contribution < -0.4 is 10.6 Å². The molecule has 21 heavy (non-hydrogen) atoms. The van der Waals surface area contributed by atoms with Crippen molar-refractivity contribution in [2.45, 2.75) is 13.3 Å². The Kier molecular flexibility index (Phi) is 3.12. The molecule has 2 aromatic carbocycles. The lowest BCUT2D eigenvalue weighted by Gasteiger charge is -2.19. The second kappa shape index (κ2) is 4.84. The quantitative estimate of drug-likeness (QED) is 0.820. The summed E-state index contributed by atoms with van der Waals surface area (Å²) in [6, 6.07) is 7.41. The van der Waals surface area contributed by atoms with Crippen LogP contribution in [0.15, 0.2) is 30.3 Å². The summed E-state index contributed by atoms with van der Waals surface area (Å²) >= 11 is 0. The molecule has 0 fully saturated rings. The highest BCUT2D eigenvalue weighted by molar-refractivity contribution is 6.09. The third-order valence-electron chi connectivity index (χ3n) is 3.75. The van der Waals surface area contributed by atoms with Crippen molar-refractivity contribution in [1.29, 1.82) is 0 Å². The van der Waals surface area contributed by atoms with Crippen molar-refractivity contribution in [3.8, 4) is 0 Å². The maximum atomic E-state index is 13.9. The standard InChI is InChI=1S/C16H14F2N2O/c1-9-7-11(13(18)8-12(9)17)16(21)20-6-5-10-3-2-4-14(19)15(10)20/h2-4,7-8H,5-6,19H2,1H3. The van der Waals surface area contributed by atoms with Crippen molar-refractivity contribution < 1.29 is 13.6 Å². The molecule has 2 N–H and O–H groups in total. The van der Waals surface area contributed by atoms with Crippen molar-refractivity contribution in [1.82, 2.24) is 0 Å². The van der Waals surface area contributed by atoms with Crippen molar-refractivity contribution in [3.63, 3.8) is 0 Å². The van der Waals surface area contributed by atoms with Gasteiger partial charge in [0.2, 0.25) is 0 Å². The second-order valence-corrected chi connectivity index (χ2v) is 5.14. The fraction of sp³-hybridized carbons (Fsp3) is 0.188. The first-order chi connectivity index (χ1) is 9.99. The molecular formula is C16H14F2N2O. The van der Waals surface area contributed by atoms with Crippen molar-refractivity contribution in [3.05, 3.63) is 58.7 Å². The average Bonchev–Trinajstić information content (AvgIpc) is 2.87. The number of hydrogen-bond acceptors (Lipinski definition) is 2. The van der Waals surface area contributed by atoms with Gasteiger partial charge in [0, 0.05) is 12.6 Å². The number of amides is 1. The largest absolute Gasteiger partial charge is 0.397 e. The number of nitrogen functional groups attached to an aromatic ring is 1. The molecule has 2 aromatic rings. The average molecular weight is 288 g/mol. The molecule has 0 aromatic heterocycles. The van der Waals surface area contributed by atoms with E-state index in [0.717, 1.165) is 11.6 Å². The molecule has 1 amide bonds. The van der Waals surface area contributed by atoms with Crippen LogP contribution in [0.2, 0.25) is 0 Å². The summed E-state index contributed by atoms with van der Waals surface area (Å²) < 4.78 is 27.2. The van der Waals surface area contributed by atoms with E-state index in [-0.39, 0.29) is 11.1 Å². The molecule has 1 aliphatic heterocycles. The zero-order valence-electron chi connectivity index (χ0n) is 11.5. The lowest BCUT2D eigenvalue weighted by Crippen LogP contribution is -2.30. The van der Waals surface area contributed by atoms with Gasteiger partial charge in [0.25, 0.3) is 5.91 Å². The predicted octanol–water partition coefficient (Wildman–Crippen LogP) is 3.06. The number of aryl methyl sites for hydroxylation is 1. The van der Waals surface area contributed by atoms with Gasteiger partial charge in [0.1, 0.15) is 11.6 Å². The van der Waals surface area contributed by atoms with E-state index >= 15 is 0 Å². The molecule has 3 rings (SSSR count). The van der Waals surface area contributed by atoms with Gasteiger partial charge in [-0.25, -0.2) is 8.78 Å². The summed E-state index contributed by atoms with van der Waals surface area (Å²) in [5.41, 5.74) is 8.10. The van der Waals surface area contributed by atoms with Crippen LogP contribution in [0.3, 0.4) is 0 Å². The Morgan fingerprint density at radius 1 is 1.24 bits per heavy atom. The SMILES string of the molecule is Cc1cc(C(=O)N2CCc3cccc(N)c32)c(F)cc1F. The molecule has 1 heterocycles. The Morgan fingerprint density at radius 3 is 2.76 bits per heavy atom. The molecule has 0 atom stereocenters. The van der Waals surface area contributed by atoms with E-state index < -0.39 is 17.5 Å². The molecule has 0 radical (unpaired) electrons.